The van der Waals surface area contributed by atoms with Gasteiger partial charge in [-0.05, 0) is 6.07 Å². The number of rotatable bonds is 3. The minimum atomic E-state index is -1.72. The van der Waals surface area contributed by atoms with Crippen molar-refractivity contribution in [3.8, 4) is 11.5 Å². The Balaban J connectivity index is 2.34. The number of hydrogen-bond donors (Lipinski definition) is 2. The van der Waals surface area contributed by atoms with Gasteiger partial charge in [0, 0.05) is 23.7 Å². The number of hydrogen-bond acceptors (Lipinski definition) is 3. The van der Waals surface area contributed by atoms with Crippen molar-refractivity contribution in [1.82, 2.24) is 0 Å². The molecule has 0 bridgehead atoms. The molecule has 18 heavy (non-hydrogen) atoms. The van der Waals surface area contributed by atoms with Crippen LogP contribution in [0.25, 0.3) is 0 Å². The van der Waals surface area contributed by atoms with Crippen molar-refractivity contribution in [2.45, 2.75) is 0 Å². The minimum absolute atomic E-state index is 0.0550. The van der Waals surface area contributed by atoms with Gasteiger partial charge in [0.1, 0.15) is 23.1 Å². The van der Waals surface area contributed by atoms with Crippen LogP contribution in [0, 0.1) is 11.6 Å². The molecule has 0 unspecified atom stereocenters. The quantitative estimate of drug-likeness (QED) is 0.810. The van der Waals surface area contributed by atoms with Crippen LogP contribution in [0.3, 0.4) is 0 Å². The Morgan fingerprint density at radius 2 is 1.56 bits per heavy atom. The Labute approximate surface area is 102 Å². The van der Waals surface area contributed by atoms with Gasteiger partial charge in [0.05, 0.1) is 0 Å². The first kappa shape index (κ1) is 12.5. The van der Waals surface area contributed by atoms with Crippen molar-refractivity contribution < 1.29 is 23.6 Å². The van der Waals surface area contributed by atoms with Crippen molar-refractivity contribution in [3.05, 3.63) is 54.1 Å². The van der Waals surface area contributed by atoms with Gasteiger partial charge < -0.3 is 14.8 Å². The summed E-state index contributed by atoms with van der Waals surface area (Å²) in [6, 6.07) is 8.84. The highest BCUT2D eigenvalue weighted by Gasteiger charge is 2.17. The molecule has 2 N–H and O–H groups in total. The summed E-state index contributed by atoms with van der Waals surface area (Å²) >= 11 is 0. The molecule has 92 valence electrons. The normalized spacial score (nSPS) is 10.2. The van der Waals surface area contributed by atoms with E-state index < -0.39 is 18.8 Å². The Morgan fingerprint density at radius 3 is 2.17 bits per heavy atom. The summed E-state index contributed by atoms with van der Waals surface area (Å²) in [5.41, 5.74) is 0.113. The topological polar surface area (TPSA) is 49.7 Å². The summed E-state index contributed by atoms with van der Waals surface area (Å²) in [4.78, 5) is 0. The summed E-state index contributed by atoms with van der Waals surface area (Å²) in [5.74, 6) is -1.47. The van der Waals surface area contributed by atoms with Gasteiger partial charge in [-0.1, -0.05) is 18.2 Å². The highest BCUT2D eigenvalue weighted by atomic mass is 19.1. The lowest BCUT2D eigenvalue weighted by molar-refractivity contribution is 0.420. The molecular formula is C12H9BF2O3. The zero-order valence-electron chi connectivity index (χ0n) is 9.18. The molecule has 0 atom stereocenters. The van der Waals surface area contributed by atoms with Crippen LogP contribution in [0.4, 0.5) is 8.78 Å². The van der Waals surface area contributed by atoms with Crippen LogP contribution in [0.5, 0.6) is 11.5 Å². The van der Waals surface area contributed by atoms with Crippen LogP contribution >= 0.6 is 0 Å². The lowest BCUT2D eigenvalue weighted by Crippen LogP contribution is -2.30. The summed E-state index contributed by atoms with van der Waals surface area (Å²) in [6.45, 7) is 0. The second-order valence-corrected chi connectivity index (χ2v) is 3.62. The van der Waals surface area contributed by atoms with Gasteiger partial charge in [0.25, 0.3) is 0 Å². The first-order valence-electron chi connectivity index (χ1n) is 5.15. The van der Waals surface area contributed by atoms with Crippen LogP contribution in [-0.4, -0.2) is 17.2 Å². The second kappa shape index (κ2) is 5.16. The van der Waals surface area contributed by atoms with Crippen molar-refractivity contribution in [2.75, 3.05) is 0 Å². The Morgan fingerprint density at radius 1 is 0.944 bits per heavy atom. The molecule has 2 aromatic rings. The summed E-state index contributed by atoms with van der Waals surface area (Å²) in [7, 11) is -1.72. The molecule has 0 heterocycles. The van der Waals surface area contributed by atoms with E-state index in [1.54, 1.807) is 12.1 Å². The zero-order chi connectivity index (χ0) is 13.1. The van der Waals surface area contributed by atoms with Gasteiger partial charge in [-0.2, -0.15) is 0 Å². The van der Waals surface area contributed by atoms with Crippen LogP contribution in [0.1, 0.15) is 0 Å². The molecule has 3 nitrogen and oxygen atoms in total. The Hall–Kier alpha value is -1.92. The zero-order valence-corrected chi connectivity index (χ0v) is 9.18. The number of ether oxygens (including phenoxy) is 1. The molecule has 0 spiro atoms. The van der Waals surface area contributed by atoms with Crippen LogP contribution in [0.2, 0.25) is 0 Å². The molecular weight excluding hydrogens is 241 g/mol. The SMILES string of the molecule is OB(O)c1ccccc1Oc1cc(F)cc(F)c1. The molecule has 0 aromatic heterocycles. The van der Waals surface area contributed by atoms with E-state index in [0.717, 1.165) is 18.2 Å². The molecule has 0 saturated heterocycles. The van der Waals surface area contributed by atoms with E-state index >= 15 is 0 Å². The average molecular weight is 250 g/mol. The van der Waals surface area contributed by atoms with E-state index in [4.69, 9.17) is 14.8 Å². The van der Waals surface area contributed by atoms with Gasteiger partial charge in [0.2, 0.25) is 0 Å². The van der Waals surface area contributed by atoms with Crippen LogP contribution in [-0.2, 0) is 0 Å². The molecule has 0 radical (unpaired) electrons. The lowest BCUT2D eigenvalue weighted by Gasteiger charge is -2.10. The maximum atomic E-state index is 13.0. The third-order valence-corrected chi connectivity index (χ3v) is 2.26. The van der Waals surface area contributed by atoms with E-state index in [2.05, 4.69) is 0 Å². The smallest absolute Gasteiger partial charge is 0.458 e. The molecule has 2 rings (SSSR count). The fourth-order valence-electron chi connectivity index (χ4n) is 1.50. The number of benzene rings is 2. The molecule has 0 aliphatic rings. The monoisotopic (exact) mass is 250 g/mol. The summed E-state index contributed by atoms with van der Waals surface area (Å²) in [5, 5.41) is 18.2. The van der Waals surface area contributed by atoms with Crippen molar-refractivity contribution in [3.63, 3.8) is 0 Å². The molecule has 0 aliphatic heterocycles. The van der Waals surface area contributed by atoms with E-state index in [9.17, 15) is 8.78 Å². The largest absolute Gasteiger partial charge is 0.492 e. The number of halogens is 2. The van der Waals surface area contributed by atoms with Gasteiger partial charge in [-0.15, -0.1) is 0 Å². The standard InChI is InChI=1S/C12H9BF2O3/c14-8-5-9(15)7-10(6-8)18-12-4-2-1-3-11(12)13(16)17/h1-7,16-17H. The third-order valence-electron chi connectivity index (χ3n) is 2.26. The van der Waals surface area contributed by atoms with Gasteiger partial charge in [-0.3, -0.25) is 0 Å². The third kappa shape index (κ3) is 2.85. The first-order valence-corrected chi connectivity index (χ1v) is 5.15. The van der Waals surface area contributed by atoms with E-state index in [1.807, 2.05) is 0 Å². The van der Waals surface area contributed by atoms with E-state index in [1.165, 1.54) is 12.1 Å². The van der Waals surface area contributed by atoms with Gasteiger partial charge >= 0.3 is 7.12 Å². The van der Waals surface area contributed by atoms with E-state index in [-0.39, 0.29) is 17.0 Å². The van der Waals surface area contributed by atoms with Crippen molar-refractivity contribution in [2.24, 2.45) is 0 Å². The van der Waals surface area contributed by atoms with Gasteiger partial charge in [0.15, 0.2) is 0 Å². The predicted molar refractivity (Wildman–Crippen MR) is 62.7 cm³/mol. The number of para-hydroxylation sites is 1. The molecule has 0 fully saturated rings. The molecule has 2 aromatic carbocycles. The van der Waals surface area contributed by atoms with E-state index in [0.29, 0.717) is 0 Å². The summed E-state index contributed by atoms with van der Waals surface area (Å²) in [6.07, 6.45) is 0. The Kier molecular flexibility index (Phi) is 3.59. The van der Waals surface area contributed by atoms with Gasteiger partial charge in [-0.25, -0.2) is 8.78 Å². The van der Waals surface area contributed by atoms with Crippen molar-refractivity contribution in [1.29, 1.82) is 0 Å². The predicted octanol–water partition coefficient (Wildman–Crippen LogP) is 1.44. The second-order valence-electron chi connectivity index (χ2n) is 3.62. The molecule has 0 saturated carbocycles. The molecule has 0 amide bonds. The average Bonchev–Trinajstić information content (AvgIpc) is 2.27. The fourth-order valence-corrected chi connectivity index (χ4v) is 1.50. The van der Waals surface area contributed by atoms with Crippen molar-refractivity contribution >= 4 is 12.6 Å². The minimum Gasteiger partial charge on any atom is -0.458 e. The highest BCUT2D eigenvalue weighted by Crippen LogP contribution is 2.22. The maximum absolute atomic E-state index is 13.0. The summed E-state index contributed by atoms with van der Waals surface area (Å²) < 4.78 is 31.2. The van der Waals surface area contributed by atoms with Crippen LogP contribution in [0.15, 0.2) is 42.5 Å². The Bertz CT molecular complexity index is 541. The molecule has 6 heteroatoms. The molecule has 0 aliphatic carbocycles. The lowest BCUT2D eigenvalue weighted by atomic mass is 9.79. The fraction of sp³-hybridized carbons (Fsp3) is 0. The highest BCUT2D eigenvalue weighted by molar-refractivity contribution is 6.59. The first-order chi connectivity index (χ1) is 8.56. The maximum Gasteiger partial charge on any atom is 0.492 e. The van der Waals surface area contributed by atoms with Crippen LogP contribution < -0.4 is 10.2 Å².